The van der Waals surface area contributed by atoms with Crippen molar-refractivity contribution in [2.45, 2.75) is 31.7 Å². The lowest BCUT2D eigenvalue weighted by molar-refractivity contribution is -0.187. The molecule has 0 saturated carbocycles. The van der Waals surface area contributed by atoms with Crippen molar-refractivity contribution in [3.63, 3.8) is 0 Å². The zero-order valence-electron chi connectivity index (χ0n) is 25.0. The quantitative estimate of drug-likeness (QED) is 0.246. The predicted molar refractivity (Wildman–Crippen MR) is 168 cm³/mol. The molecule has 2 atom stereocenters. The van der Waals surface area contributed by atoms with Crippen LogP contribution in [0.3, 0.4) is 0 Å². The normalized spacial score (nSPS) is 18.9. The van der Waals surface area contributed by atoms with Crippen LogP contribution in [0, 0.1) is 0 Å². The van der Waals surface area contributed by atoms with Gasteiger partial charge in [-0.3, -0.25) is 24.4 Å². The van der Waals surface area contributed by atoms with E-state index in [0.29, 0.717) is 5.56 Å². The number of aromatic nitrogens is 1. The molecule has 0 spiro atoms. The number of para-hydroxylation sites is 1. The largest absolute Gasteiger partial charge is 0.524 e. The summed E-state index contributed by atoms with van der Waals surface area (Å²) in [7, 11) is -3.08. The number of phosphoric ester groups is 1. The Kier molecular flexibility index (Phi) is 8.74. The highest BCUT2D eigenvalue weighted by Crippen LogP contribution is 2.37. The Bertz CT molecular complexity index is 1800. The summed E-state index contributed by atoms with van der Waals surface area (Å²) in [6, 6.07) is 23.6. The van der Waals surface area contributed by atoms with Crippen LogP contribution in [0.15, 0.2) is 91.1 Å². The second-order valence-corrected chi connectivity index (χ2v) is 12.4. The first-order valence-corrected chi connectivity index (χ1v) is 16.2. The highest BCUT2D eigenvalue weighted by Gasteiger charge is 2.50. The van der Waals surface area contributed by atoms with Gasteiger partial charge in [0.15, 0.2) is 0 Å². The number of rotatable bonds is 8. The summed E-state index contributed by atoms with van der Waals surface area (Å²) in [4.78, 5) is 67.6. The summed E-state index contributed by atoms with van der Waals surface area (Å²) in [6.07, 6.45) is 0.997. The molecule has 2 saturated heterocycles. The number of piperazine rings is 1. The van der Waals surface area contributed by atoms with E-state index >= 15 is 0 Å². The Morgan fingerprint density at radius 3 is 2.46 bits per heavy atom. The van der Waals surface area contributed by atoms with E-state index in [1.54, 1.807) is 35.3 Å². The van der Waals surface area contributed by atoms with Crippen molar-refractivity contribution < 1.29 is 33.3 Å². The van der Waals surface area contributed by atoms with Crippen LogP contribution < -0.4 is 9.84 Å². The Hall–Kier alpha value is -4.81. The van der Waals surface area contributed by atoms with Crippen molar-refractivity contribution in [1.82, 2.24) is 30.1 Å². The number of urea groups is 1. The molecule has 0 radical (unpaired) electrons. The van der Waals surface area contributed by atoms with Crippen LogP contribution in [0.2, 0.25) is 0 Å². The number of fused-ring (bicyclic) bond motifs is 2. The van der Waals surface area contributed by atoms with E-state index in [9.17, 15) is 18.9 Å². The number of phosphoric acid groups is 1. The molecule has 13 nitrogen and oxygen atoms in total. The molecule has 14 heteroatoms. The van der Waals surface area contributed by atoms with Crippen LogP contribution in [-0.2, 0) is 33.7 Å². The summed E-state index contributed by atoms with van der Waals surface area (Å²) >= 11 is 0. The number of amides is 4. The zero-order valence-corrected chi connectivity index (χ0v) is 25.9. The highest BCUT2D eigenvalue weighted by molar-refractivity contribution is 7.46. The van der Waals surface area contributed by atoms with E-state index in [-0.39, 0.29) is 50.2 Å². The lowest BCUT2D eigenvalue weighted by Gasteiger charge is -2.54. The van der Waals surface area contributed by atoms with E-state index in [4.69, 9.17) is 9.79 Å². The van der Waals surface area contributed by atoms with Gasteiger partial charge in [-0.15, -0.1) is 0 Å². The van der Waals surface area contributed by atoms with Gasteiger partial charge < -0.3 is 19.6 Å². The lowest BCUT2D eigenvalue weighted by atomic mass is 9.98. The molecule has 2 aliphatic rings. The maximum Gasteiger partial charge on any atom is 0.524 e. The van der Waals surface area contributed by atoms with Gasteiger partial charge in [0, 0.05) is 38.1 Å². The number of pyridine rings is 1. The topological polar surface area (TPSA) is 156 Å². The third-order valence-corrected chi connectivity index (χ3v) is 8.54. The Morgan fingerprint density at radius 1 is 0.978 bits per heavy atom. The molecule has 1 aromatic heterocycles. The number of likely N-dealkylation sites (N-methyl/N-ethyl adjacent to an activating group) is 1. The Labute approximate surface area is 265 Å². The van der Waals surface area contributed by atoms with Crippen LogP contribution in [0.25, 0.3) is 10.9 Å². The molecule has 2 aliphatic heterocycles. The Balaban J connectivity index is 1.33. The fourth-order valence-electron chi connectivity index (χ4n) is 6.05. The van der Waals surface area contributed by atoms with Gasteiger partial charge in [-0.05, 0) is 34.9 Å². The number of carbonyl (C=O) groups is 3. The summed E-state index contributed by atoms with van der Waals surface area (Å²) in [6.45, 7) is 0.450. The smallest absolute Gasteiger partial charge is 0.404 e. The SMILES string of the molecule is CN1CC(=O)N2[C@@H](Cc3ccc(OP(=O)(O)O)cc3)C(=O)N(Cc3cccc4cccnc34)C[C@@H]2N1C(=O)NCc1ccccc1. The summed E-state index contributed by atoms with van der Waals surface area (Å²) in [5.74, 6) is -0.625. The standard InChI is InChI=1S/C32H33N6O7P/c1-35-21-29(39)37-27(17-22-12-14-26(15-13-22)45-46(42,43)44)31(40)36(19-25-10-5-9-24-11-6-16-33-30(24)25)20-28(37)38(35)32(41)34-18-23-7-3-2-4-8-23/h2-16,27-28H,17-21H2,1H3,(H,34,41)(H2,42,43,44)/t27-,28-/m0/s1. The van der Waals surface area contributed by atoms with E-state index in [1.165, 1.54) is 22.0 Å². The van der Waals surface area contributed by atoms with Crippen LogP contribution in [0.5, 0.6) is 5.75 Å². The van der Waals surface area contributed by atoms with Gasteiger partial charge in [0.1, 0.15) is 18.0 Å². The van der Waals surface area contributed by atoms with Gasteiger partial charge in [0.2, 0.25) is 11.8 Å². The molecule has 0 bridgehead atoms. The Morgan fingerprint density at radius 2 is 1.72 bits per heavy atom. The number of carbonyl (C=O) groups excluding carboxylic acids is 3. The molecule has 0 unspecified atom stereocenters. The number of hydrogen-bond acceptors (Lipinski definition) is 7. The monoisotopic (exact) mass is 644 g/mol. The van der Waals surface area contributed by atoms with E-state index < -0.39 is 26.1 Å². The number of benzene rings is 3. The molecule has 0 aliphatic carbocycles. The van der Waals surface area contributed by atoms with Crippen molar-refractivity contribution in [2.24, 2.45) is 0 Å². The highest BCUT2D eigenvalue weighted by atomic mass is 31.2. The molecule has 3 N–H and O–H groups in total. The van der Waals surface area contributed by atoms with Crippen LogP contribution in [-0.4, -0.2) is 84.8 Å². The van der Waals surface area contributed by atoms with Gasteiger partial charge in [-0.2, -0.15) is 0 Å². The lowest BCUT2D eigenvalue weighted by Crippen LogP contribution is -2.76. The minimum Gasteiger partial charge on any atom is -0.404 e. The molecule has 3 aromatic carbocycles. The number of nitrogens with one attached hydrogen (secondary N) is 1. The molecular weight excluding hydrogens is 611 g/mol. The molecule has 46 heavy (non-hydrogen) atoms. The zero-order chi connectivity index (χ0) is 32.4. The number of hydrazine groups is 1. The first kappa shape index (κ1) is 31.2. The average Bonchev–Trinajstić information content (AvgIpc) is 3.02. The van der Waals surface area contributed by atoms with Crippen LogP contribution >= 0.6 is 7.82 Å². The van der Waals surface area contributed by atoms with E-state index in [1.807, 2.05) is 60.7 Å². The maximum absolute atomic E-state index is 14.2. The van der Waals surface area contributed by atoms with Gasteiger partial charge >= 0.3 is 13.9 Å². The van der Waals surface area contributed by atoms with Crippen molar-refractivity contribution >= 4 is 36.6 Å². The molecule has 238 valence electrons. The first-order chi connectivity index (χ1) is 22.1. The van der Waals surface area contributed by atoms with Crippen LogP contribution in [0.1, 0.15) is 16.7 Å². The van der Waals surface area contributed by atoms with Crippen molar-refractivity contribution in [3.05, 3.63) is 108 Å². The third kappa shape index (κ3) is 6.73. The molecule has 2 fully saturated rings. The van der Waals surface area contributed by atoms with Crippen molar-refractivity contribution in [2.75, 3.05) is 20.1 Å². The molecular formula is C32H33N6O7P. The van der Waals surface area contributed by atoms with Crippen LogP contribution in [0.4, 0.5) is 4.79 Å². The minimum absolute atomic E-state index is 0.0352. The second kappa shape index (κ2) is 12.9. The fraction of sp³-hybridized carbons (Fsp3) is 0.250. The molecule has 6 rings (SSSR count). The van der Waals surface area contributed by atoms with Gasteiger partial charge in [0.05, 0.1) is 18.6 Å². The maximum atomic E-state index is 14.2. The predicted octanol–water partition coefficient (Wildman–Crippen LogP) is 2.89. The van der Waals surface area contributed by atoms with E-state index in [0.717, 1.165) is 22.0 Å². The van der Waals surface area contributed by atoms with Crippen molar-refractivity contribution in [3.8, 4) is 5.75 Å². The first-order valence-electron chi connectivity index (χ1n) is 14.7. The second-order valence-electron chi connectivity index (χ2n) is 11.2. The number of hydrogen-bond donors (Lipinski definition) is 3. The fourth-order valence-corrected chi connectivity index (χ4v) is 6.45. The summed E-state index contributed by atoms with van der Waals surface area (Å²) < 4.78 is 15.9. The summed E-state index contributed by atoms with van der Waals surface area (Å²) in [5, 5.41) is 6.95. The average molecular weight is 645 g/mol. The van der Waals surface area contributed by atoms with Gasteiger partial charge in [-0.25, -0.2) is 19.4 Å². The number of nitrogens with zero attached hydrogens (tertiary/aromatic N) is 5. The van der Waals surface area contributed by atoms with Gasteiger partial charge in [-0.1, -0.05) is 66.7 Å². The molecule has 3 heterocycles. The summed E-state index contributed by atoms with van der Waals surface area (Å²) in [5.41, 5.74) is 3.13. The van der Waals surface area contributed by atoms with Gasteiger partial charge in [0.25, 0.3) is 0 Å². The van der Waals surface area contributed by atoms with E-state index in [2.05, 4.69) is 14.8 Å². The minimum atomic E-state index is -4.75. The third-order valence-electron chi connectivity index (χ3n) is 8.09. The molecule has 4 amide bonds. The molecule has 4 aromatic rings. The van der Waals surface area contributed by atoms with Crippen molar-refractivity contribution in [1.29, 1.82) is 0 Å².